The molecule has 0 amide bonds. The van der Waals surface area contributed by atoms with E-state index in [1.807, 2.05) is 18.4 Å². The molecule has 0 saturated heterocycles. The number of ether oxygens (including phenoxy) is 4. The lowest BCUT2D eigenvalue weighted by atomic mass is 9.77. The first kappa shape index (κ1) is 24.6. The summed E-state index contributed by atoms with van der Waals surface area (Å²) in [7, 11) is 4.62. The molecule has 6 nitrogen and oxygen atoms in total. The van der Waals surface area contributed by atoms with E-state index in [1.54, 1.807) is 25.3 Å². The maximum absolute atomic E-state index is 14.0. The van der Waals surface area contributed by atoms with Crippen LogP contribution in [0.2, 0.25) is 0 Å². The maximum atomic E-state index is 14.0. The van der Waals surface area contributed by atoms with Gasteiger partial charge in [-0.25, -0.2) is 4.39 Å². The number of rotatable bonds is 7. The van der Waals surface area contributed by atoms with Crippen molar-refractivity contribution in [3.05, 3.63) is 75.7 Å². The number of hydrogen-bond donors (Lipinski definition) is 0. The predicted octanol–water partition coefficient (Wildman–Crippen LogP) is 5.24. The van der Waals surface area contributed by atoms with Gasteiger partial charge in [-0.15, -0.1) is 11.8 Å². The highest BCUT2D eigenvalue weighted by molar-refractivity contribution is 7.98. The van der Waals surface area contributed by atoms with Gasteiger partial charge in [0, 0.05) is 5.56 Å². The monoisotopic (exact) mass is 496 g/mol. The van der Waals surface area contributed by atoms with Crippen LogP contribution in [-0.2, 0) is 11.2 Å². The van der Waals surface area contributed by atoms with Gasteiger partial charge in [0.2, 0.25) is 5.75 Å². The second-order valence-electron chi connectivity index (χ2n) is 7.97. The molecule has 0 bridgehead atoms. The number of para-hydroxylation sites is 1. The Bertz CT molecular complexity index is 1340. The highest BCUT2D eigenvalue weighted by atomic mass is 32.2. The summed E-state index contributed by atoms with van der Waals surface area (Å²) in [4.78, 5) is 26.3. The summed E-state index contributed by atoms with van der Waals surface area (Å²) in [6.45, 7) is 0. The largest absolute Gasteiger partial charge is 0.493 e. The van der Waals surface area contributed by atoms with Gasteiger partial charge < -0.3 is 18.9 Å². The van der Waals surface area contributed by atoms with Crippen LogP contribution in [0.4, 0.5) is 4.39 Å². The number of benzene rings is 2. The van der Waals surface area contributed by atoms with Gasteiger partial charge in [-0.2, -0.15) is 0 Å². The van der Waals surface area contributed by atoms with Crippen LogP contribution in [0.25, 0.3) is 11.1 Å². The number of carbonyl (C=O) groups excluding carboxylic acids is 1. The second-order valence-corrected chi connectivity index (χ2v) is 8.82. The smallest absolute Gasteiger partial charge is 0.311 e. The fraction of sp³-hybridized carbons (Fsp3) is 0.259. The van der Waals surface area contributed by atoms with E-state index >= 15 is 0 Å². The lowest BCUT2D eigenvalue weighted by molar-refractivity contribution is -0.135. The number of thioether (sulfide) groups is 1. The molecule has 0 saturated carbocycles. The SMILES string of the molecule is COc1cc2c(c(OC)c1OC)-c1ccc(SC)c(=O)cc1C(CC(=O)Oc1ccccc1F)C2. The van der Waals surface area contributed by atoms with Crippen molar-refractivity contribution in [3.63, 3.8) is 0 Å². The van der Waals surface area contributed by atoms with Gasteiger partial charge in [0.1, 0.15) is 0 Å². The van der Waals surface area contributed by atoms with E-state index in [4.69, 9.17) is 18.9 Å². The molecule has 1 unspecified atom stereocenters. The zero-order valence-corrected chi connectivity index (χ0v) is 20.7. The highest BCUT2D eigenvalue weighted by Crippen LogP contribution is 2.52. The van der Waals surface area contributed by atoms with Crippen LogP contribution < -0.4 is 24.4 Å². The summed E-state index contributed by atoms with van der Waals surface area (Å²) in [5.41, 5.74) is 2.96. The average Bonchev–Trinajstić information content (AvgIpc) is 3.02. The quantitative estimate of drug-likeness (QED) is 0.252. The Morgan fingerprint density at radius 1 is 1.00 bits per heavy atom. The number of fused-ring (bicyclic) bond motifs is 3. The Balaban J connectivity index is 1.85. The molecule has 0 aliphatic heterocycles. The lowest BCUT2D eigenvalue weighted by Crippen LogP contribution is -2.19. The summed E-state index contributed by atoms with van der Waals surface area (Å²) in [6, 6.07) is 12.8. The van der Waals surface area contributed by atoms with Crippen LogP contribution in [0.1, 0.15) is 23.5 Å². The molecule has 0 heterocycles. The molecule has 0 radical (unpaired) electrons. The van der Waals surface area contributed by atoms with Crippen molar-refractivity contribution >= 4 is 17.7 Å². The summed E-state index contributed by atoms with van der Waals surface area (Å²) in [6.07, 6.45) is 2.21. The van der Waals surface area contributed by atoms with Gasteiger partial charge in [-0.1, -0.05) is 18.2 Å². The van der Waals surface area contributed by atoms with E-state index in [9.17, 15) is 14.0 Å². The van der Waals surface area contributed by atoms with Gasteiger partial charge in [0.05, 0.1) is 32.6 Å². The van der Waals surface area contributed by atoms with Gasteiger partial charge in [0.15, 0.2) is 28.5 Å². The van der Waals surface area contributed by atoms with Crippen LogP contribution >= 0.6 is 11.8 Å². The van der Waals surface area contributed by atoms with E-state index in [0.717, 1.165) is 16.7 Å². The maximum Gasteiger partial charge on any atom is 0.311 e. The van der Waals surface area contributed by atoms with Crippen LogP contribution in [0.5, 0.6) is 23.0 Å². The molecule has 3 aromatic rings. The first-order chi connectivity index (χ1) is 16.9. The van der Waals surface area contributed by atoms with Crippen LogP contribution in [0.3, 0.4) is 0 Å². The minimum Gasteiger partial charge on any atom is -0.493 e. The van der Waals surface area contributed by atoms with Crippen molar-refractivity contribution in [1.29, 1.82) is 0 Å². The summed E-state index contributed by atoms with van der Waals surface area (Å²) >= 11 is 1.35. The lowest BCUT2D eigenvalue weighted by Gasteiger charge is -2.29. The Morgan fingerprint density at radius 2 is 1.74 bits per heavy atom. The van der Waals surface area contributed by atoms with E-state index < -0.39 is 11.8 Å². The topological polar surface area (TPSA) is 71.1 Å². The zero-order chi connectivity index (χ0) is 25.1. The predicted molar refractivity (Wildman–Crippen MR) is 133 cm³/mol. The number of methoxy groups -OCH3 is 3. The summed E-state index contributed by atoms with van der Waals surface area (Å²) in [5, 5.41) is 0. The van der Waals surface area contributed by atoms with Crippen LogP contribution in [-0.4, -0.2) is 33.6 Å². The van der Waals surface area contributed by atoms with Crippen molar-refractivity contribution in [2.75, 3.05) is 27.6 Å². The third kappa shape index (κ3) is 4.71. The molecule has 0 fully saturated rings. The van der Waals surface area contributed by atoms with Gasteiger partial charge in [0.25, 0.3) is 0 Å². The normalized spacial score (nSPS) is 13.9. The molecular weight excluding hydrogens is 471 g/mol. The summed E-state index contributed by atoms with van der Waals surface area (Å²) < 4.78 is 36.2. The van der Waals surface area contributed by atoms with Gasteiger partial charge in [-0.05, 0) is 65.6 Å². The van der Waals surface area contributed by atoms with E-state index in [1.165, 1.54) is 44.2 Å². The van der Waals surface area contributed by atoms with Crippen molar-refractivity contribution in [3.8, 4) is 34.1 Å². The average molecular weight is 497 g/mol. The zero-order valence-electron chi connectivity index (χ0n) is 19.8. The van der Waals surface area contributed by atoms with Gasteiger partial charge in [-0.3, -0.25) is 9.59 Å². The molecule has 0 N–H and O–H groups in total. The second kappa shape index (κ2) is 10.4. The molecule has 1 atom stereocenters. The third-order valence-electron chi connectivity index (χ3n) is 6.02. The Morgan fingerprint density at radius 3 is 2.40 bits per heavy atom. The Labute approximate surface area is 207 Å². The molecule has 0 aromatic heterocycles. The Kier molecular flexibility index (Phi) is 7.31. The van der Waals surface area contributed by atoms with Crippen molar-refractivity contribution in [2.45, 2.75) is 23.7 Å². The molecule has 182 valence electrons. The number of halogens is 1. The number of carbonyl (C=O) groups is 1. The number of hydrogen-bond acceptors (Lipinski definition) is 7. The summed E-state index contributed by atoms with van der Waals surface area (Å²) in [5.74, 6) is -0.297. The molecule has 0 spiro atoms. The molecular formula is C27H25FO6S. The first-order valence-corrected chi connectivity index (χ1v) is 12.1. The minimum atomic E-state index is -0.616. The molecule has 1 aliphatic carbocycles. The molecule has 8 heteroatoms. The molecule has 35 heavy (non-hydrogen) atoms. The first-order valence-electron chi connectivity index (χ1n) is 10.9. The minimum absolute atomic E-state index is 0.0461. The fourth-order valence-corrected chi connectivity index (χ4v) is 4.94. The molecule has 4 rings (SSSR count). The van der Waals surface area contributed by atoms with Crippen molar-refractivity contribution < 1.29 is 28.1 Å². The molecule has 3 aromatic carbocycles. The van der Waals surface area contributed by atoms with E-state index in [-0.39, 0.29) is 23.5 Å². The van der Waals surface area contributed by atoms with Crippen molar-refractivity contribution in [2.24, 2.45) is 0 Å². The standard InChI is InChI=1S/C27H25FO6S/c1-31-22-12-16-11-15(13-24(30)34-21-8-6-5-7-19(21)28)18-14-20(29)23(35-4)10-9-17(18)25(16)27(33-3)26(22)32-2/h5-10,12,14-15H,11,13H2,1-4H3. The highest BCUT2D eigenvalue weighted by Gasteiger charge is 2.32. The number of esters is 1. The van der Waals surface area contributed by atoms with Crippen LogP contribution in [0, 0.1) is 5.82 Å². The van der Waals surface area contributed by atoms with Crippen molar-refractivity contribution in [1.82, 2.24) is 0 Å². The van der Waals surface area contributed by atoms with Gasteiger partial charge >= 0.3 is 5.97 Å². The van der Waals surface area contributed by atoms with Crippen LogP contribution in [0.15, 0.2) is 58.2 Å². The fourth-order valence-electron chi connectivity index (χ4n) is 4.48. The van der Waals surface area contributed by atoms with E-state index in [0.29, 0.717) is 34.1 Å². The van der Waals surface area contributed by atoms with E-state index in [2.05, 4.69) is 0 Å². The third-order valence-corrected chi connectivity index (χ3v) is 6.80. The molecule has 1 aliphatic rings. The Hall–Kier alpha value is -3.52.